The minimum atomic E-state index is -4.58. The predicted octanol–water partition coefficient (Wildman–Crippen LogP) is 4.36. The number of nitrogens with one attached hydrogen (secondary N) is 2. The average molecular weight is 450 g/mol. The highest BCUT2D eigenvalue weighted by Crippen LogP contribution is 2.39. The van der Waals surface area contributed by atoms with Crippen LogP contribution in [0.15, 0.2) is 36.4 Å². The van der Waals surface area contributed by atoms with Crippen molar-refractivity contribution in [2.45, 2.75) is 30.8 Å². The van der Waals surface area contributed by atoms with E-state index in [4.69, 9.17) is 9.47 Å². The molecule has 170 valence electrons. The van der Waals surface area contributed by atoms with Gasteiger partial charge in [-0.15, -0.1) is 0 Å². The normalized spacial score (nSPS) is 23.8. The van der Waals surface area contributed by atoms with Crippen LogP contribution in [0.3, 0.4) is 0 Å². The number of H-pyrrole nitrogens is 1. The van der Waals surface area contributed by atoms with Gasteiger partial charge >= 0.3 is 6.18 Å². The molecule has 3 heterocycles. The van der Waals surface area contributed by atoms with Gasteiger partial charge in [-0.25, -0.2) is 9.37 Å². The van der Waals surface area contributed by atoms with E-state index >= 15 is 0 Å². The maximum atomic E-state index is 13.8. The fourth-order valence-electron chi connectivity index (χ4n) is 4.56. The second-order valence-corrected chi connectivity index (χ2v) is 8.11. The number of fused-ring (bicyclic) bond motifs is 2. The van der Waals surface area contributed by atoms with Crippen LogP contribution in [0.1, 0.15) is 23.9 Å². The fraction of sp³-hybridized carbons (Fsp3) is 0.409. The van der Waals surface area contributed by atoms with Crippen LogP contribution in [-0.2, 0) is 10.9 Å². The molecule has 2 aliphatic heterocycles. The highest BCUT2D eigenvalue weighted by molar-refractivity contribution is 5.88. The van der Waals surface area contributed by atoms with Crippen molar-refractivity contribution in [1.29, 1.82) is 0 Å². The molecule has 1 aromatic heterocycles. The van der Waals surface area contributed by atoms with Crippen LogP contribution in [0.2, 0.25) is 0 Å². The molecule has 1 fully saturated rings. The van der Waals surface area contributed by atoms with Gasteiger partial charge in [0.2, 0.25) is 5.82 Å². The number of alkyl halides is 3. The minimum absolute atomic E-state index is 0.106. The van der Waals surface area contributed by atoms with E-state index in [2.05, 4.69) is 20.2 Å². The van der Waals surface area contributed by atoms with Gasteiger partial charge in [0.15, 0.2) is 0 Å². The minimum Gasteiger partial charge on any atom is -0.491 e. The summed E-state index contributed by atoms with van der Waals surface area (Å²) in [5.41, 5.74) is 1.69. The first kappa shape index (κ1) is 21.0. The van der Waals surface area contributed by atoms with Gasteiger partial charge < -0.3 is 19.8 Å². The van der Waals surface area contributed by atoms with Gasteiger partial charge in [0.05, 0.1) is 29.4 Å². The largest absolute Gasteiger partial charge is 0.491 e. The molecule has 0 radical (unpaired) electrons. The first-order valence-electron chi connectivity index (χ1n) is 10.3. The van der Waals surface area contributed by atoms with E-state index in [1.54, 1.807) is 31.4 Å². The Bertz CT molecular complexity index is 1130. The van der Waals surface area contributed by atoms with Crippen LogP contribution in [-0.4, -0.2) is 53.8 Å². The zero-order valence-electron chi connectivity index (χ0n) is 17.2. The molecular weight excluding hydrogens is 428 g/mol. The van der Waals surface area contributed by atoms with Crippen LogP contribution in [0.25, 0.3) is 11.0 Å². The standard InChI is InChI=1S/C22H22F4N4O2/c1-31-13-7-8-30(10-13)17-11-32-18-9-12(23)5-6-14(18)19(17)27-15-3-2-4-16-20(15)29-21(28-16)22(24,25)26/h2-6,9,13,17,19,27H,7-8,10-11H2,1H3,(H,28,29)/t13-,17+,19+/m1/s1. The fourth-order valence-corrected chi connectivity index (χ4v) is 4.56. The van der Waals surface area contributed by atoms with E-state index in [9.17, 15) is 17.6 Å². The van der Waals surface area contributed by atoms with Crippen molar-refractivity contribution in [3.05, 3.63) is 53.6 Å². The number of rotatable bonds is 4. The summed E-state index contributed by atoms with van der Waals surface area (Å²) in [6, 6.07) is 8.80. The molecule has 2 aromatic carbocycles. The third kappa shape index (κ3) is 3.77. The van der Waals surface area contributed by atoms with Crippen LogP contribution < -0.4 is 10.1 Å². The van der Waals surface area contributed by atoms with E-state index in [0.717, 1.165) is 18.5 Å². The molecule has 0 spiro atoms. The van der Waals surface area contributed by atoms with Crippen molar-refractivity contribution in [1.82, 2.24) is 14.9 Å². The number of likely N-dealkylation sites (tertiary alicyclic amines) is 1. The van der Waals surface area contributed by atoms with Gasteiger partial charge in [0.1, 0.15) is 23.7 Å². The molecule has 1 saturated heterocycles. The first-order chi connectivity index (χ1) is 15.3. The molecule has 3 atom stereocenters. The first-order valence-corrected chi connectivity index (χ1v) is 10.3. The molecular formula is C22H22F4N4O2. The molecule has 6 nitrogen and oxygen atoms in total. The Hall–Kier alpha value is -2.85. The van der Waals surface area contributed by atoms with E-state index in [1.807, 2.05) is 0 Å². The summed E-state index contributed by atoms with van der Waals surface area (Å²) in [5, 5.41) is 3.39. The molecule has 10 heteroatoms. The molecule has 32 heavy (non-hydrogen) atoms. The Morgan fingerprint density at radius 2 is 2.09 bits per heavy atom. The van der Waals surface area contributed by atoms with E-state index in [-0.39, 0.29) is 29.2 Å². The third-order valence-electron chi connectivity index (χ3n) is 6.18. The lowest BCUT2D eigenvalue weighted by Crippen LogP contribution is -2.47. The monoisotopic (exact) mass is 450 g/mol. The van der Waals surface area contributed by atoms with Crippen molar-refractivity contribution in [2.24, 2.45) is 0 Å². The summed E-state index contributed by atoms with van der Waals surface area (Å²) in [6.07, 6.45) is -3.60. The van der Waals surface area contributed by atoms with E-state index < -0.39 is 17.8 Å². The number of nitrogens with zero attached hydrogens (tertiary/aromatic N) is 2. The van der Waals surface area contributed by atoms with Gasteiger partial charge in [0, 0.05) is 31.8 Å². The molecule has 0 aliphatic carbocycles. The highest BCUT2D eigenvalue weighted by atomic mass is 19.4. The summed E-state index contributed by atoms with van der Waals surface area (Å²) in [7, 11) is 1.68. The van der Waals surface area contributed by atoms with Crippen molar-refractivity contribution < 1.29 is 27.0 Å². The molecule has 2 aliphatic rings. The summed E-state index contributed by atoms with van der Waals surface area (Å²) >= 11 is 0. The molecule has 0 saturated carbocycles. The topological polar surface area (TPSA) is 62.4 Å². The average Bonchev–Trinajstić information content (AvgIpc) is 3.41. The Kier molecular flexibility index (Phi) is 5.21. The van der Waals surface area contributed by atoms with Gasteiger partial charge in [-0.3, -0.25) is 4.90 Å². The number of aromatic nitrogens is 2. The number of imidazole rings is 1. The smallest absolute Gasteiger partial charge is 0.449 e. The van der Waals surface area contributed by atoms with Crippen molar-refractivity contribution in [2.75, 3.05) is 32.1 Å². The van der Waals surface area contributed by atoms with Gasteiger partial charge in [-0.05, 0) is 24.6 Å². The molecule has 0 amide bonds. The van der Waals surface area contributed by atoms with E-state index in [1.165, 1.54) is 12.1 Å². The Labute approximate surface area is 181 Å². The number of halogens is 4. The molecule has 3 aromatic rings. The number of aromatic amines is 1. The van der Waals surface area contributed by atoms with Crippen LogP contribution in [0, 0.1) is 5.82 Å². The summed E-state index contributed by atoms with van der Waals surface area (Å²) < 4.78 is 64.8. The number of methoxy groups -OCH3 is 1. The van der Waals surface area contributed by atoms with Gasteiger partial charge in [-0.1, -0.05) is 12.1 Å². The second-order valence-electron chi connectivity index (χ2n) is 8.11. The zero-order valence-corrected chi connectivity index (χ0v) is 17.2. The van der Waals surface area contributed by atoms with Crippen LogP contribution in [0.4, 0.5) is 23.2 Å². The maximum Gasteiger partial charge on any atom is 0.449 e. The quantitative estimate of drug-likeness (QED) is 0.579. The summed E-state index contributed by atoms with van der Waals surface area (Å²) in [5.74, 6) is -1.03. The second kappa shape index (κ2) is 7.93. The van der Waals surface area contributed by atoms with Crippen molar-refractivity contribution in [3.8, 4) is 5.75 Å². The molecule has 2 N–H and O–H groups in total. The van der Waals surface area contributed by atoms with Crippen LogP contribution >= 0.6 is 0 Å². The lowest BCUT2D eigenvalue weighted by Gasteiger charge is -2.39. The Morgan fingerprint density at radius 3 is 2.84 bits per heavy atom. The molecule has 0 bridgehead atoms. The van der Waals surface area contributed by atoms with Gasteiger partial charge in [-0.2, -0.15) is 13.2 Å². The molecule has 0 unspecified atom stereocenters. The number of hydrogen-bond donors (Lipinski definition) is 2. The third-order valence-corrected chi connectivity index (χ3v) is 6.18. The Balaban J connectivity index is 1.54. The lowest BCUT2D eigenvalue weighted by atomic mass is 9.94. The number of ether oxygens (including phenoxy) is 2. The SMILES string of the molecule is CO[C@@H]1CCN([C@H]2COc3cc(F)ccc3[C@@H]2Nc2cccc3[nH]c(C(F)(F)F)nc23)C1. The van der Waals surface area contributed by atoms with Crippen molar-refractivity contribution >= 4 is 16.7 Å². The highest BCUT2D eigenvalue weighted by Gasteiger charge is 2.39. The predicted molar refractivity (Wildman–Crippen MR) is 110 cm³/mol. The Morgan fingerprint density at radius 1 is 1.25 bits per heavy atom. The van der Waals surface area contributed by atoms with Gasteiger partial charge in [0.25, 0.3) is 0 Å². The van der Waals surface area contributed by atoms with E-state index in [0.29, 0.717) is 24.6 Å². The number of hydrogen-bond acceptors (Lipinski definition) is 5. The zero-order chi connectivity index (χ0) is 22.5. The number of anilines is 1. The lowest BCUT2D eigenvalue weighted by molar-refractivity contribution is -0.144. The molecule has 5 rings (SSSR count). The van der Waals surface area contributed by atoms with Crippen LogP contribution in [0.5, 0.6) is 5.75 Å². The van der Waals surface area contributed by atoms with Crippen molar-refractivity contribution in [3.63, 3.8) is 0 Å². The summed E-state index contributed by atoms with van der Waals surface area (Å²) in [4.78, 5) is 8.38. The maximum absolute atomic E-state index is 13.8. The number of benzene rings is 2. The number of para-hydroxylation sites is 1. The summed E-state index contributed by atoms with van der Waals surface area (Å²) in [6.45, 7) is 1.82.